The van der Waals surface area contributed by atoms with Gasteiger partial charge in [-0.3, -0.25) is 9.59 Å². The number of hydrogen-bond donors (Lipinski definition) is 1. The fraction of sp³-hybridized carbons (Fsp3) is 0.857. The quantitative estimate of drug-likeness (QED) is 0.737. The van der Waals surface area contributed by atoms with Crippen molar-refractivity contribution in [2.45, 2.75) is 37.8 Å². The van der Waals surface area contributed by atoms with Crippen molar-refractivity contribution in [3.63, 3.8) is 0 Å². The molecular formula is C14H22N2O5S. The van der Waals surface area contributed by atoms with Gasteiger partial charge in [-0.15, -0.1) is 0 Å². The minimum absolute atomic E-state index is 0.0129. The van der Waals surface area contributed by atoms with Crippen molar-refractivity contribution in [2.24, 2.45) is 5.92 Å². The van der Waals surface area contributed by atoms with Crippen LogP contribution in [0.1, 0.15) is 25.7 Å². The number of carbonyl (C=O) groups is 2. The van der Waals surface area contributed by atoms with E-state index in [9.17, 15) is 18.0 Å². The molecule has 2 amide bonds. The Morgan fingerprint density at radius 3 is 2.82 bits per heavy atom. The Morgan fingerprint density at radius 2 is 2.18 bits per heavy atom. The summed E-state index contributed by atoms with van der Waals surface area (Å²) in [6.45, 7) is 1.71. The number of nitrogens with zero attached hydrogens (tertiary/aromatic N) is 1. The van der Waals surface area contributed by atoms with Gasteiger partial charge in [-0.1, -0.05) is 0 Å². The molecule has 3 aliphatic rings. The maximum Gasteiger partial charge on any atom is 0.225 e. The molecule has 22 heavy (non-hydrogen) atoms. The third kappa shape index (κ3) is 3.60. The number of hydrogen-bond acceptors (Lipinski definition) is 5. The third-order valence-corrected chi connectivity index (χ3v) is 6.38. The van der Waals surface area contributed by atoms with Crippen molar-refractivity contribution >= 4 is 21.7 Å². The van der Waals surface area contributed by atoms with Crippen molar-refractivity contribution in [1.29, 1.82) is 0 Å². The second kappa shape index (κ2) is 6.16. The molecule has 3 fully saturated rings. The lowest BCUT2D eigenvalue weighted by Gasteiger charge is -2.20. The lowest BCUT2D eigenvalue weighted by Crippen LogP contribution is -2.41. The first kappa shape index (κ1) is 15.7. The first-order valence-corrected chi connectivity index (χ1v) is 9.65. The van der Waals surface area contributed by atoms with Gasteiger partial charge in [0.25, 0.3) is 0 Å². The molecular weight excluding hydrogens is 308 g/mol. The maximum atomic E-state index is 12.2. The van der Waals surface area contributed by atoms with Crippen LogP contribution in [0.3, 0.4) is 0 Å². The Bertz CT molecular complexity index is 556. The van der Waals surface area contributed by atoms with Gasteiger partial charge in [0.05, 0.1) is 23.5 Å². The minimum atomic E-state index is -3.01. The molecule has 1 N–H and O–H groups in total. The average molecular weight is 330 g/mol. The van der Waals surface area contributed by atoms with Crippen molar-refractivity contribution in [3.8, 4) is 0 Å². The number of nitrogens with one attached hydrogen (secondary N) is 1. The number of sulfone groups is 1. The Morgan fingerprint density at radius 1 is 1.36 bits per heavy atom. The summed E-state index contributed by atoms with van der Waals surface area (Å²) in [7, 11) is -3.01. The van der Waals surface area contributed by atoms with Crippen LogP contribution in [0, 0.1) is 5.92 Å². The topological polar surface area (TPSA) is 92.8 Å². The highest BCUT2D eigenvalue weighted by atomic mass is 32.2. The summed E-state index contributed by atoms with van der Waals surface area (Å²) in [6, 6.07) is -0.306. The number of ether oxygens (including phenoxy) is 1. The molecule has 7 nitrogen and oxygen atoms in total. The summed E-state index contributed by atoms with van der Waals surface area (Å²) in [5.41, 5.74) is 0. The van der Waals surface area contributed by atoms with Crippen LogP contribution in [0.4, 0.5) is 0 Å². The highest BCUT2D eigenvalue weighted by Crippen LogP contribution is 2.22. The number of likely N-dealkylation sites (tertiary alicyclic amines) is 1. The van der Waals surface area contributed by atoms with E-state index in [0.717, 1.165) is 19.4 Å². The van der Waals surface area contributed by atoms with Crippen LogP contribution in [-0.4, -0.2) is 68.5 Å². The van der Waals surface area contributed by atoms with Crippen molar-refractivity contribution in [3.05, 3.63) is 0 Å². The fourth-order valence-corrected chi connectivity index (χ4v) is 5.06. The van der Waals surface area contributed by atoms with Gasteiger partial charge in [0, 0.05) is 32.2 Å². The monoisotopic (exact) mass is 330 g/mol. The van der Waals surface area contributed by atoms with Gasteiger partial charge in [0.15, 0.2) is 9.84 Å². The first-order valence-electron chi connectivity index (χ1n) is 7.83. The fourth-order valence-electron chi connectivity index (χ4n) is 3.39. The number of rotatable bonds is 4. The van der Waals surface area contributed by atoms with E-state index < -0.39 is 9.84 Å². The van der Waals surface area contributed by atoms with E-state index in [1.165, 1.54) is 0 Å². The highest BCUT2D eigenvalue weighted by Gasteiger charge is 2.37. The van der Waals surface area contributed by atoms with Gasteiger partial charge >= 0.3 is 0 Å². The second-order valence-electron chi connectivity index (χ2n) is 6.44. The molecule has 0 radical (unpaired) electrons. The molecule has 0 aliphatic carbocycles. The molecule has 3 heterocycles. The zero-order valence-electron chi connectivity index (χ0n) is 12.5. The van der Waals surface area contributed by atoms with Crippen LogP contribution in [-0.2, 0) is 24.2 Å². The van der Waals surface area contributed by atoms with E-state index in [1.807, 2.05) is 0 Å². The smallest absolute Gasteiger partial charge is 0.225 e. The molecule has 3 atom stereocenters. The molecule has 0 spiro atoms. The highest BCUT2D eigenvalue weighted by molar-refractivity contribution is 7.91. The van der Waals surface area contributed by atoms with E-state index in [2.05, 4.69) is 5.32 Å². The molecule has 0 aromatic carbocycles. The normalized spacial score (nSPS) is 34.3. The van der Waals surface area contributed by atoms with E-state index in [-0.39, 0.29) is 47.8 Å². The van der Waals surface area contributed by atoms with Gasteiger partial charge in [-0.2, -0.15) is 0 Å². The summed E-state index contributed by atoms with van der Waals surface area (Å²) >= 11 is 0. The van der Waals surface area contributed by atoms with Crippen LogP contribution in [0.5, 0.6) is 0 Å². The molecule has 3 aliphatic heterocycles. The summed E-state index contributed by atoms with van der Waals surface area (Å²) < 4.78 is 28.4. The van der Waals surface area contributed by atoms with Crippen molar-refractivity contribution < 1.29 is 22.7 Å². The minimum Gasteiger partial charge on any atom is -0.376 e. The van der Waals surface area contributed by atoms with Gasteiger partial charge < -0.3 is 15.0 Å². The van der Waals surface area contributed by atoms with Gasteiger partial charge in [0.2, 0.25) is 11.8 Å². The summed E-state index contributed by atoms with van der Waals surface area (Å²) in [5.74, 6) is -0.455. The third-order valence-electron chi connectivity index (χ3n) is 4.61. The van der Waals surface area contributed by atoms with Gasteiger partial charge in [0.1, 0.15) is 0 Å². The Kier molecular flexibility index (Phi) is 4.40. The van der Waals surface area contributed by atoms with Crippen LogP contribution < -0.4 is 5.32 Å². The lowest BCUT2D eigenvalue weighted by molar-refractivity contribution is -0.130. The van der Waals surface area contributed by atoms with Crippen molar-refractivity contribution in [1.82, 2.24) is 10.2 Å². The largest absolute Gasteiger partial charge is 0.376 e. The molecule has 124 valence electrons. The number of amides is 2. The van der Waals surface area contributed by atoms with Crippen molar-refractivity contribution in [2.75, 3.05) is 31.2 Å². The SMILES string of the molecule is O=C(NC1CCS(=O)(=O)C1)C1CC(=O)N(CC2CCCO2)C1. The summed E-state index contributed by atoms with van der Waals surface area (Å²) in [4.78, 5) is 25.9. The Balaban J connectivity index is 1.50. The lowest BCUT2D eigenvalue weighted by atomic mass is 10.1. The second-order valence-corrected chi connectivity index (χ2v) is 8.67. The predicted molar refractivity (Wildman–Crippen MR) is 78.9 cm³/mol. The van der Waals surface area contributed by atoms with Gasteiger partial charge in [-0.25, -0.2) is 8.42 Å². The molecule has 0 aromatic rings. The standard InChI is InChI=1S/C14H22N2O5S/c17-13-6-10(7-16(13)8-12-2-1-4-21-12)14(18)15-11-3-5-22(19,20)9-11/h10-12H,1-9H2,(H,15,18). The average Bonchev–Trinajstić information content (AvgIpc) is 3.13. The molecule has 0 saturated carbocycles. The van der Waals surface area contributed by atoms with Crippen LogP contribution in [0.15, 0.2) is 0 Å². The molecule has 3 rings (SSSR count). The molecule has 0 aromatic heterocycles. The molecule has 3 saturated heterocycles. The maximum absolute atomic E-state index is 12.2. The van der Waals surface area contributed by atoms with Crippen LogP contribution in [0.25, 0.3) is 0 Å². The van der Waals surface area contributed by atoms with Gasteiger partial charge in [-0.05, 0) is 19.3 Å². The van der Waals surface area contributed by atoms with E-state index >= 15 is 0 Å². The first-order chi connectivity index (χ1) is 10.4. The molecule has 0 bridgehead atoms. The number of carbonyl (C=O) groups excluding carboxylic acids is 2. The summed E-state index contributed by atoms with van der Waals surface area (Å²) in [5, 5.41) is 2.78. The van der Waals surface area contributed by atoms with E-state index in [4.69, 9.17) is 4.74 Å². The van der Waals surface area contributed by atoms with E-state index in [1.54, 1.807) is 4.90 Å². The zero-order chi connectivity index (χ0) is 15.7. The predicted octanol–water partition coefficient (Wildman–Crippen LogP) is -0.683. The summed E-state index contributed by atoms with van der Waals surface area (Å²) in [6.07, 6.45) is 2.74. The zero-order valence-corrected chi connectivity index (χ0v) is 13.3. The molecule has 3 unspecified atom stereocenters. The Labute approximate surface area is 130 Å². The van der Waals surface area contributed by atoms with Crippen LogP contribution >= 0.6 is 0 Å². The van der Waals surface area contributed by atoms with Crippen LogP contribution in [0.2, 0.25) is 0 Å². The Hall–Kier alpha value is -1.15. The van der Waals surface area contributed by atoms with E-state index in [0.29, 0.717) is 19.5 Å². The molecule has 8 heteroatoms.